The molecule has 0 radical (unpaired) electrons. The third-order valence-electron chi connectivity index (χ3n) is 2.20. The van der Waals surface area contributed by atoms with Crippen molar-refractivity contribution in [3.63, 3.8) is 0 Å². The number of nitrogens with one attached hydrogen (secondary N) is 1. The number of nitrogens with zero attached hydrogens (tertiary/aromatic N) is 3. The number of anilines is 1. The van der Waals surface area contributed by atoms with Crippen molar-refractivity contribution >= 4 is 22.5 Å². The molecule has 0 saturated carbocycles. The van der Waals surface area contributed by atoms with E-state index >= 15 is 0 Å². The molecule has 1 atom stereocenters. The fourth-order valence-corrected chi connectivity index (χ4v) is 1.85. The van der Waals surface area contributed by atoms with E-state index in [2.05, 4.69) is 15.5 Å². The maximum atomic E-state index is 11.8. The minimum absolute atomic E-state index is 0.103. The van der Waals surface area contributed by atoms with Crippen molar-refractivity contribution in [2.45, 2.75) is 13.0 Å². The number of ether oxygens (including phenoxy) is 1. The molecular weight excluding hydrogens is 216 g/mol. The summed E-state index contributed by atoms with van der Waals surface area (Å²) < 4.78 is 5.25. The lowest BCUT2D eigenvalue weighted by Crippen LogP contribution is -2.48. The highest BCUT2D eigenvalue weighted by molar-refractivity contribution is 7.13. The maximum absolute atomic E-state index is 11.8. The second-order valence-electron chi connectivity index (χ2n) is 3.29. The molecule has 0 aromatic carbocycles. The summed E-state index contributed by atoms with van der Waals surface area (Å²) >= 11 is 1.30. The van der Waals surface area contributed by atoms with Gasteiger partial charge in [-0.25, -0.2) is 4.79 Å². The van der Waals surface area contributed by atoms with Crippen LogP contribution in [-0.2, 0) is 4.74 Å². The van der Waals surface area contributed by atoms with E-state index in [1.807, 2.05) is 6.92 Å². The Morgan fingerprint density at radius 2 is 2.67 bits per heavy atom. The summed E-state index contributed by atoms with van der Waals surface area (Å²) in [4.78, 5) is 13.5. The van der Waals surface area contributed by atoms with Crippen LogP contribution in [0.1, 0.15) is 6.92 Å². The van der Waals surface area contributed by atoms with Crippen LogP contribution in [0.2, 0.25) is 0 Å². The molecule has 1 aromatic heterocycles. The highest BCUT2D eigenvalue weighted by atomic mass is 32.1. The van der Waals surface area contributed by atoms with Gasteiger partial charge < -0.3 is 9.64 Å². The highest BCUT2D eigenvalue weighted by Gasteiger charge is 2.24. The van der Waals surface area contributed by atoms with Crippen LogP contribution in [-0.4, -0.2) is 46.9 Å². The van der Waals surface area contributed by atoms with Crippen molar-refractivity contribution in [2.75, 3.05) is 25.1 Å². The molecule has 1 aromatic rings. The molecule has 2 heterocycles. The van der Waals surface area contributed by atoms with Gasteiger partial charge in [0.15, 0.2) is 0 Å². The Hall–Kier alpha value is -1.21. The topological polar surface area (TPSA) is 67.3 Å². The molecule has 1 aliphatic rings. The lowest BCUT2D eigenvalue weighted by Gasteiger charge is -2.32. The smallest absolute Gasteiger partial charge is 0.324 e. The third kappa shape index (κ3) is 2.42. The largest absolute Gasteiger partial charge is 0.377 e. The summed E-state index contributed by atoms with van der Waals surface area (Å²) in [6.45, 7) is 3.75. The molecule has 7 heteroatoms. The molecule has 2 amide bonds. The predicted molar refractivity (Wildman–Crippen MR) is 55.9 cm³/mol. The van der Waals surface area contributed by atoms with Gasteiger partial charge in [0.05, 0.1) is 19.3 Å². The minimum Gasteiger partial charge on any atom is -0.377 e. The zero-order valence-electron chi connectivity index (χ0n) is 8.34. The van der Waals surface area contributed by atoms with Crippen molar-refractivity contribution in [3.8, 4) is 0 Å². The molecule has 6 nitrogen and oxygen atoms in total. The van der Waals surface area contributed by atoms with Crippen molar-refractivity contribution in [1.29, 1.82) is 0 Å². The summed E-state index contributed by atoms with van der Waals surface area (Å²) in [5.41, 5.74) is 1.58. The van der Waals surface area contributed by atoms with Gasteiger partial charge in [0, 0.05) is 6.54 Å². The number of rotatable bonds is 1. The first-order chi connectivity index (χ1) is 7.27. The summed E-state index contributed by atoms with van der Waals surface area (Å²) in [6, 6.07) is -0.0331. The van der Waals surface area contributed by atoms with Crippen LogP contribution >= 0.6 is 11.3 Å². The van der Waals surface area contributed by atoms with Crippen LogP contribution in [0.15, 0.2) is 5.51 Å². The van der Waals surface area contributed by atoms with Crippen molar-refractivity contribution < 1.29 is 9.53 Å². The van der Waals surface area contributed by atoms with Gasteiger partial charge in [0.1, 0.15) is 5.51 Å². The SMILES string of the molecule is C[C@H]1COCCN1C(=O)Nc1nncs1. The Bertz CT molecular complexity index is 329. The fraction of sp³-hybridized carbons (Fsp3) is 0.625. The molecular formula is C8H12N4O2S. The maximum Gasteiger partial charge on any atom is 0.324 e. The normalized spacial score (nSPS) is 21.4. The zero-order valence-corrected chi connectivity index (χ0v) is 9.16. The van der Waals surface area contributed by atoms with E-state index in [0.29, 0.717) is 24.9 Å². The van der Waals surface area contributed by atoms with E-state index < -0.39 is 0 Å². The number of amides is 2. The third-order valence-corrected chi connectivity index (χ3v) is 2.81. The number of morpholine rings is 1. The summed E-state index contributed by atoms with van der Waals surface area (Å²) in [5.74, 6) is 0. The van der Waals surface area contributed by atoms with Gasteiger partial charge in [-0.1, -0.05) is 11.3 Å². The van der Waals surface area contributed by atoms with Gasteiger partial charge in [-0.15, -0.1) is 10.2 Å². The molecule has 0 unspecified atom stereocenters. The monoisotopic (exact) mass is 228 g/mol. The number of urea groups is 1. The van der Waals surface area contributed by atoms with Gasteiger partial charge in [-0.2, -0.15) is 0 Å². The van der Waals surface area contributed by atoms with Gasteiger partial charge in [0.2, 0.25) is 5.13 Å². The average molecular weight is 228 g/mol. The van der Waals surface area contributed by atoms with Crippen LogP contribution in [0.4, 0.5) is 9.93 Å². The quantitative estimate of drug-likeness (QED) is 0.771. The Kier molecular flexibility index (Phi) is 3.12. The zero-order chi connectivity index (χ0) is 10.7. The van der Waals surface area contributed by atoms with Gasteiger partial charge >= 0.3 is 6.03 Å². The first-order valence-corrected chi connectivity index (χ1v) is 5.57. The molecule has 2 rings (SSSR count). The van der Waals surface area contributed by atoms with Crippen LogP contribution in [0.5, 0.6) is 0 Å². The van der Waals surface area contributed by atoms with Crippen molar-refractivity contribution in [2.24, 2.45) is 0 Å². The molecule has 1 N–H and O–H groups in total. The lowest BCUT2D eigenvalue weighted by atomic mass is 10.3. The first-order valence-electron chi connectivity index (χ1n) is 4.69. The van der Waals surface area contributed by atoms with Crippen molar-refractivity contribution in [1.82, 2.24) is 15.1 Å². The van der Waals surface area contributed by atoms with Crippen LogP contribution in [0.25, 0.3) is 0 Å². The Morgan fingerprint density at radius 3 is 3.33 bits per heavy atom. The fourth-order valence-electron chi connectivity index (χ4n) is 1.42. The number of carbonyl (C=O) groups is 1. The number of hydrogen-bond acceptors (Lipinski definition) is 5. The summed E-state index contributed by atoms with van der Waals surface area (Å²) in [6.07, 6.45) is 0. The number of hydrogen-bond donors (Lipinski definition) is 1. The Balaban J connectivity index is 1.95. The first kappa shape index (κ1) is 10.3. The van der Waals surface area contributed by atoms with E-state index in [0.717, 1.165) is 0 Å². The van der Waals surface area contributed by atoms with E-state index in [9.17, 15) is 4.79 Å². The average Bonchev–Trinajstić information content (AvgIpc) is 2.71. The number of carbonyl (C=O) groups excluding carboxylic acids is 1. The predicted octanol–water partition coefficient (Wildman–Crippen LogP) is 0.791. The molecule has 0 bridgehead atoms. The Labute approximate surface area is 91.2 Å². The second kappa shape index (κ2) is 4.54. The van der Waals surface area contributed by atoms with E-state index in [-0.39, 0.29) is 12.1 Å². The van der Waals surface area contributed by atoms with Crippen LogP contribution in [0, 0.1) is 0 Å². The second-order valence-corrected chi connectivity index (χ2v) is 4.12. The molecule has 15 heavy (non-hydrogen) atoms. The van der Waals surface area contributed by atoms with Crippen LogP contribution < -0.4 is 5.32 Å². The molecule has 1 saturated heterocycles. The van der Waals surface area contributed by atoms with E-state index in [1.54, 1.807) is 10.4 Å². The summed E-state index contributed by atoms with van der Waals surface area (Å²) in [5, 5.41) is 10.6. The van der Waals surface area contributed by atoms with Crippen LogP contribution in [0.3, 0.4) is 0 Å². The molecule has 1 fully saturated rings. The van der Waals surface area contributed by atoms with E-state index in [4.69, 9.17) is 4.74 Å². The molecule has 0 spiro atoms. The van der Waals surface area contributed by atoms with E-state index in [1.165, 1.54) is 11.3 Å². The van der Waals surface area contributed by atoms with Gasteiger partial charge in [0.25, 0.3) is 0 Å². The lowest BCUT2D eigenvalue weighted by molar-refractivity contribution is 0.0221. The van der Waals surface area contributed by atoms with Crippen molar-refractivity contribution in [3.05, 3.63) is 5.51 Å². The molecule has 0 aliphatic carbocycles. The van der Waals surface area contributed by atoms with Gasteiger partial charge in [-0.05, 0) is 6.92 Å². The number of aromatic nitrogens is 2. The molecule has 1 aliphatic heterocycles. The Morgan fingerprint density at radius 1 is 1.80 bits per heavy atom. The molecule has 82 valence electrons. The van der Waals surface area contributed by atoms with Gasteiger partial charge in [-0.3, -0.25) is 5.32 Å². The standard InChI is InChI=1S/C8H12N4O2S/c1-6-4-14-3-2-12(6)8(13)10-7-11-9-5-15-7/h5-6H,2-4H2,1H3,(H,10,11,13)/t6-/m0/s1. The summed E-state index contributed by atoms with van der Waals surface area (Å²) in [7, 11) is 0. The highest BCUT2D eigenvalue weighted by Crippen LogP contribution is 2.12. The minimum atomic E-state index is -0.137.